The van der Waals surface area contributed by atoms with Crippen molar-refractivity contribution in [3.05, 3.63) is 60.2 Å². The molecule has 5 heteroatoms. The summed E-state index contributed by atoms with van der Waals surface area (Å²) in [5.74, 6) is 0.0857. The first-order valence-corrected chi connectivity index (χ1v) is 9.06. The zero-order valence-corrected chi connectivity index (χ0v) is 15.6. The fourth-order valence-electron chi connectivity index (χ4n) is 3.24. The smallest absolute Gasteiger partial charge is 0.240 e. The lowest BCUT2D eigenvalue weighted by Gasteiger charge is -2.31. The van der Waals surface area contributed by atoms with Crippen LogP contribution in [-0.2, 0) is 16.1 Å². The molecule has 1 fully saturated rings. The summed E-state index contributed by atoms with van der Waals surface area (Å²) in [6.07, 6.45) is 0. The van der Waals surface area contributed by atoms with Gasteiger partial charge in [0.1, 0.15) is 0 Å². The van der Waals surface area contributed by atoms with Crippen molar-refractivity contribution in [1.29, 1.82) is 0 Å². The van der Waals surface area contributed by atoms with Gasteiger partial charge in [-0.15, -0.1) is 0 Å². The molecule has 1 aliphatic heterocycles. The van der Waals surface area contributed by atoms with Gasteiger partial charge in [0, 0.05) is 38.1 Å². The number of rotatable bonds is 6. The van der Waals surface area contributed by atoms with Crippen LogP contribution >= 0.6 is 0 Å². The zero-order valence-electron chi connectivity index (χ0n) is 15.6. The van der Waals surface area contributed by atoms with E-state index in [-0.39, 0.29) is 5.91 Å². The van der Waals surface area contributed by atoms with Crippen LogP contribution in [-0.4, -0.2) is 57.8 Å². The maximum Gasteiger partial charge on any atom is 0.240 e. The molecule has 1 amide bonds. The van der Waals surface area contributed by atoms with Gasteiger partial charge in [-0.1, -0.05) is 36.4 Å². The van der Waals surface area contributed by atoms with Crippen molar-refractivity contribution in [3.8, 4) is 0 Å². The van der Waals surface area contributed by atoms with E-state index in [9.17, 15) is 4.79 Å². The van der Waals surface area contributed by atoms with E-state index in [2.05, 4.69) is 34.1 Å². The number of hydrogen-bond acceptors (Lipinski definition) is 4. The Hall–Kier alpha value is -2.37. The molecule has 0 bridgehead atoms. The highest BCUT2D eigenvalue weighted by atomic mass is 16.5. The predicted molar refractivity (Wildman–Crippen MR) is 106 cm³/mol. The molecule has 0 atom stereocenters. The summed E-state index contributed by atoms with van der Waals surface area (Å²) in [6, 6.07) is 18.2. The number of hydrogen-bond donors (Lipinski definition) is 0. The normalized spacial score (nSPS) is 14.5. The third-order valence-corrected chi connectivity index (χ3v) is 4.71. The number of amides is 1. The molecule has 0 aromatic heterocycles. The summed E-state index contributed by atoms with van der Waals surface area (Å²) < 4.78 is 5.46. The molecule has 0 saturated carbocycles. The molecule has 26 heavy (non-hydrogen) atoms. The van der Waals surface area contributed by atoms with Gasteiger partial charge in [0.25, 0.3) is 0 Å². The quantitative estimate of drug-likeness (QED) is 0.800. The molecule has 0 aliphatic carbocycles. The second kappa shape index (κ2) is 8.83. The van der Waals surface area contributed by atoms with E-state index in [1.807, 2.05) is 44.4 Å². The van der Waals surface area contributed by atoms with E-state index in [0.717, 1.165) is 38.5 Å². The van der Waals surface area contributed by atoms with E-state index in [1.165, 1.54) is 11.3 Å². The van der Waals surface area contributed by atoms with Crippen molar-refractivity contribution in [2.45, 2.75) is 6.54 Å². The Labute approximate surface area is 155 Å². The summed E-state index contributed by atoms with van der Waals surface area (Å²) in [5, 5.41) is 0. The molecule has 1 aliphatic rings. The Bertz CT molecular complexity index is 714. The van der Waals surface area contributed by atoms with Gasteiger partial charge in [0.15, 0.2) is 0 Å². The molecule has 0 N–H and O–H groups in total. The minimum absolute atomic E-state index is 0.0857. The second-order valence-corrected chi connectivity index (χ2v) is 6.69. The van der Waals surface area contributed by atoms with Crippen LogP contribution in [0.4, 0.5) is 11.4 Å². The Morgan fingerprint density at radius 1 is 1.00 bits per heavy atom. The molecule has 5 nitrogen and oxygen atoms in total. The molecule has 1 saturated heterocycles. The molecule has 2 aromatic carbocycles. The number of likely N-dealkylation sites (N-methyl/N-ethyl adjacent to an activating group) is 2. The van der Waals surface area contributed by atoms with Crippen LogP contribution in [0, 0.1) is 0 Å². The van der Waals surface area contributed by atoms with Gasteiger partial charge in [-0.3, -0.25) is 9.69 Å². The number of morpholine rings is 1. The average Bonchev–Trinajstić information content (AvgIpc) is 2.69. The van der Waals surface area contributed by atoms with Gasteiger partial charge in [-0.2, -0.15) is 0 Å². The minimum Gasteiger partial charge on any atom is -0.378 e. The van der Waals surface area contributed by atoms with E-state index < -0.39 is 0 Å². The number of benzene rings is 2. The van der Waals surface area contributed by atoms with Gasteiger partial charge in [0.05, 0.1) is 19.8 Å². The molecular formula is C21H27N3O2. The van der Waals surface area contributed by atoms with E-state index in [4.69, 9.17) is 4.74 Å². The minimum atomic E-state index is 0.0857. The lowest BCUT2D eigenvalue weighted by molar-refractivity contribution is -0.119. The number of nitrogens with zero attached hydrogens (tertiary/aromatic N) is 3. The van der Waals surface area contributed by atoms with Crippen molar-refractivity contribution in [3.63, 3.8) is 0 Å². The Morgan fingerprint density at radius 3 is 2.38 bits per heavy atom. The van der Waals surface area contributed by atoms with Gasteiger partial charge in [0.2, 0.25) is 5.91 Å². The third-order valence-electron chi connectivity index (χ3n) is 4.71. The van der Waals surface area contributed by atoms with Crippen molar-refractivity contribution in [1.82, 2.24) is 4.90 Å². The summed E-state index contributed by atoms with van der Waals surface area (Å²) >= 11 is 0. The first-order valence-electron chi connectivity index (χ1n) is 9.06. The highest BCUT2D eigenvalue weighted by Crippen LogP contribution is 2.22. The van der Waals surface area contributed by atoms with E-state index >= 15 is 0 Å². The van der Waals surface area contributed by atoms with Crippen molar-refractivity contribution >= 4 is 17.3 Å². The highest BCUT2D eigenvalue weighted by Gasteiger charge is 2.17. The molecule has 3 rings (SSSR count). The Kier molecular flexibility index (Phi) is 6.26. The number of carbonyl (C=O) groups excluding carboxylic acids is 1. The number of anilines is 2. The van der Waals surface area contributed by atoms with Crippen molar-refractivity contribution < 1.29 is 9.53 Å². The summed E-state index contributed by atoms with van der Waals surface area (Å²) in [4.78, 5) is 18.7. The van der Waals surface area contributed by atoms with Crippen LogP contribution in [0.25, 0.3) is 0 Å². The first kappa shape index (κ1) is 18.4. The lowest BCUT2D eigenvalue weighted by atomic mass is 10.1. The summed E-state index contributed by atoms with van der Waals surface area (Å²) in [7, 11) is 3.82. The van der Waals surface area contributed by atoms with Crippen LogP contribution in [0.5, 0.6) is 0 Å². The maximum atomic E-state index is 12.6. The third kappa shape index (κ3) is 4.62. The largest absolute Gasteiger partial charge is 0.378 e. The average molecular weight is 353 g/mol. The molecule has 1 heterocycles. The predicted octanol–water partition coefficient (Wildman–Crippen LogP) is 2.62. The van der Waals surface area contributed by atoms with E-state index in [0.29, 0.717) is 6.54 Å². The SMILES string of the molecule is CN(CC(=O)N(C)c1ccccc1)Cc1ccccc1N1CCOCC1. The first-order chi connectivity index (χ1) is 12.6. The van der Waals surface area contributed by atoms with E-state index in [1.54, 1.807) is 4.90 Å². The van der Waals surface area contributed by atoms with Gasteiger partial charge in [-0.25, -0.2) is 0 Å². The monoisotopic (exact) mass is 353 g/mol. The Morgan fingerprint density at radius 2 is 1.65 bits per heavy atom. The number of ether oxygens (including phenoxy) is 1. The van der Waals surface area contributed by atoms with Crippen LogP contribution in [0.15, 0.2) is 54.6 Å². The highest BCUT2D eigenvalue weighted by molar-refractivity contribution is 5.94. The molecule has 0 spiro atoms. The molecule has 138 valence electrons. The zero-order chi connectivity index (χ0) is 18.4. The van der Waals surface area contributed by atoms with Crippen LogP contribution in [0.3, 0.4) is 0 Å². The molecule has 0 radical (unpaired) electrons. The van der Waals surface area contributed by atoms with Crippen LogP contribution in [0.2, 0.25) is 0 Å². The van der Waals surface area contributed by atoms with Gasteiger partial charge < -0.3 is 14.5 Å². The number of para-hydroxylation sites is 2. The van der Waals surface area contributed by atoms with Crippen LogP contribution < -0.4 is 9.80 Å². The standard InChI is InChI=1S/C21H27N3O2/c1-22(17-21(25)23(2)19-9-4-3-5-10-19)16-18-8-6-7-11-20(18)24-12-14-26-15-13-24/h3-11H,12-17H2,1-2H3. The lowest BCUT2D eigenvalue weighted by Crippen LogP contribution is -2.38. The van der Waals surface area contributed by atoms with Crippen LogP contribution in [0.1, 0.15) is 5.56 Å². The summed E-state index contributed by atoms with van der Waals surface area (Å²) in [5.41, 5.74) is 3.40. The molecule has 0 unspecified atom stereocenters. The maximum absolute atomic E-state index is 12.6. The number of carbonyl (C=O) groups is 1. The fourth-order valence-corrected chi connectivity index (χ4v) is 3.24. The van der Waals surface area contributed by atoms with Crippen molar-refractivity contribution in [2.75, 3.05) is 56.7 Å². The topological polar surface area (TPSA) is 36.0 Å². The summed E-state index contributed by atoms with van der Waals surface area (Å²) in [6.45, 7) is 4.48. The van der Waals surface area contributed by atoms with Gasteiger partial charge in [-0.05, 0) is 30.8 Å². The van der Waals surface area contributed by atoms with Crippen molar-refractivity contribution in [2.24, 2.45) is 0 Å². The fraction of sp³-hybridized carbons (Fsp3) is 0.381. The second-order valence-electron chi connectivity index (χ2n) is 6.69. The van der Waals surface area contributed by atoms with Gasteiger partial charge >= 0.3 is 0 Å². The molecule has 2 aromatic rings. The Balaban J connectivity index is 1.63. The molecular weight excluding hydrogens is 326 g/mol.